The molecule has 2 bridgehead atoms. The van der Waals surface area contributed by atoms with E-state index in [0.717, 1.165) is 18.6 Å². The number of hydrogen-bond donors (Lipinski definition) is 1. The molecular weight excluding hydrogens is 342 g/mol. The molecule has 7 nitrogen and oxygen atoms in total. The molecule has 2 aromatic heterocycles. The van der Waals surface area contributed by atoms with Crippen LogP contribution in [0.25, 0.3) is 11.2 Å². The molecule has 2 atom stereocenters. The fourth-order valence-corrected chi connectivity index (χ4v) is 4.00. The van der Waals surface area contributed by atoms with Crippen molar-refractivity contribution in [3.8, 4) is 0 Å². The molecule has 1 aromatic carbocycles. The first-order chi connectivity index (χ1) is 13.2. The molecule has 5 rings (SSSR count). The lowest BCUT2D eigenvalue weighted by atomic mass is 10.1. The molecule has 0 aliphatic carbocycles. The molecule has 7 heteroatoms. The van der Waals surface area contributed by atoms with E-state index in [1.807, 2.05) is 22.8 Å². The van der Waals surface area contributed by atoms with Gasteiger partial charge in [0.25, 0.3) is 5.91 Å². The number of aryl methyl sites for hydroxylation is 2. The van der Waals surface area contributed by atoms with Crippen molar-refractivity contribution in [1.82, 2.24) is 24.8 Å². The zero-order valence-electron chi connectivity index (χ0n) is 14.7. The molecule has 0 radical (unpaired) electrons. The molecule has 4 heterocycles. The molecule has 2 aliphatic rings. The number of rotatable bonds is 4. The van der Waals surface area contributed by atoms with Gasteiger partial charge in [-0.1, -0.05) is 30.3 Å². The number of likely N-dealkylation sites (tertiary alicyclic amines) is 1. The zero-order valence-corrected chi connectivity index (χ0v) is 14.7. The first-order valence-corrected chi connectivity index (χ1v) is 9.15. The Morgan fingerprint density at radius 1 is 1.22 bits per heavy atom. The Labute approximate surface area is 156 Å². The number of nitrogens with one attached hydrogen (secondary N) is 1. The Kier molecular flexibility index (Phi) is 3.67. The van der Waals surface area contributed by atoms with Crippen molar-refractivity contribution in [3.05, 3.63) is 60.0 Å². The van der Waals surface area contributed by atoms with Gasteiger partial charge in [0.1, 0.15) is 11.6 Å². The largest absolute Gasteiger partial charge is 0.350 e. The molecule has 0 spiro atoms. The average molecular weight is 361 g/mol. The third-order valence-corrected chi connectivity index (χ3v) is 5.40. The van der Waals surface area contributed by atoms with Gasteiger partial charge in [0.05, 0.1) is 11.9 Å². The summed E-state index contributed by atoms with van der Waals surface area (Å²) in [4.78, 5) is 35.2. The van der Waals surface area contributed by atoms with Crippen LogP contribution in [0.3, 0.4) is 0 Å². The molecule has 2 saturated heterocycles. The number of hydrogen-bond acceptors (Lipinski definition) is 4. The van der Waals surface area contributed by atoms with Crippen LogP contribution in [0.5, 0.6) is 0 Å². The molecule has 0 unspecified atom stereocenters. The van der Waals surface area contributed by atoms with E-state index in [2.05, 4.69) is 27.4 Å². The van der Waals surface area contributed by atoms with Gasteiger partial charge in [-0.15, -0.1) is 0 Å². The van der Waals surface area contributed by atoms with Crippen LogP contribution in [0.1, 0.15) is 22.3 Å². The average Bonchev–Trinajstić information content (AvgIpc) is 3.39. The van der Waals surface area contributed by atoms with E-state index < -0.39 is 0 Å². The topological polar surface area (TPSA) is 80.1 Å². The van der Waals surface area contributed by atoms with Gasteiger partial charge < -0.3 is 14.8 Å². The quantitative estimate of drug-likeness (QED) is 0.761. The third kappa shape index (κ3) is 2.75. The fourth-order valence-electron chi connectivity index (χ4n) is 4.00. The van der Waals surface area contributed by atoms with E-state index in [0.29, 0.717) is 24.0 Å². The van der Waals surface area contributed by atoms with Crippen molar-refractivity contribution >= 4 is 23.0 Å². The first-order valence-electron chi connectivity index (χ1n) is 9.15. The zero-order chi connectivity index (χ0) is 18.4. The van der Waals surface area contributed by atoms with Crippen molar-refractivity contribution in [2.75, 3.05) is 6.54 Å². The van der Waals surface area contributed by atoms with Crippen LogP contribution in [-0.2, 0) is 17.8 Å². The second-order valence-electron chi connectivity index (χ2n) is 7.15. The summed E-state index contributed by atoms with van der Waals surface area (Å²) < 4.78 is 2.00. The number of aromatic nitrogens is 3. The number of piperazine rings is 1. The van der Waals surface area contributed by atoms with Crippen LogP contribution in [0, 0.1) is 0 Å². The predicted molar refractivity (Wildman–Crippen MR) is 99.0 cm³/mol. The van der Waals surface area contributed by atoms with Gasteiger partial charge in [-0.3, -0.25) is 9.59 Å². The fraction of sp³-hybridized carbons (Fsp3) is 0.300. The van der Waals surface area contributed by atoms with Gasteiger partial charge in [0.2, 0.25) is 5.91 Å². The molecule has 2 fully saturated rings. The monoisotopic (exact) mass is 361 g/mol. The number of nitrogens with zero attached hydrogens (tertiary/aromatic N) is 4. The minimum absolute atomic E-state index is 0.0566. The summed E-state index contributed by atoms with van der Waals surface area (Å²) in [6, 6.07) is 11.8. The standard InChI is InChI=1S/C20H19N5O2/c26-19-17-9-15(23-19)11-25(17)20(27)14-8-16-18(21-10-14)24(12-22-16)7-6-13-4-2-1-3-5-13/h1-5,8,10,12,15,17H,6-7,9,11H2,(H,23,26)/t15-,17-/m0/s1. The van der Waals surface area contributed by atoms with Crippen molar-refractivity contribution < 1.29 is 9.59 Å². The molecular formula is C20H19N5O2. The van der Waals surface area contributed by atoms with Gasteiger partial charge in [-0.05, 0) is 24.5 Å². The van der Waals surface area contributed by atoms with Crippen molar-refractivity contribution in [2.45, 2.75) is 31.5 Å². The predicted octanol–water partition coefficient (Wildman–Crippen LogP) is 1.39. The Balaban J connectivity index is 1.36. The van der Waals surface area contributed by atoms with Crippen LogP contribution in [-0.4, -0.2) is 49.9 Å². The molecule has 136 valence electrons. The van der Waals surface area contributed by atoms with Crippen molar-refractivity contribution in [1.29, 1.82) is 0 Å². The van der Waals surface area contributed by atoms with Crippen LogP contribution in [0.4, 0.5) is 0 Å². The highest BCUT2D eigenvalue weighted by atomic mass is 16.2. The van der Waals surface area contributed by atoms with E-state index in [4.69, 9.17) is 0 Å². The van der Waals surface area contributed by atoms with Crippen molar-refractivity contribution in [2.24, 2.45) is 0 Å². The number of imidazole rings is 1. The highest BCUT2D eigenvalue weighted by Crippen LogP contribution is 2.26. The summed E-state index contributed by atoms with van der Waals surface area (Å²) in [5, 5.41) is 2.89. The highest BCUT2D eigenvalue weighted by molar-refractivity contribution is 6.00. The second kappa shape index (κ2) is 6.19. The summed E-state index contributed by atoms with van der Waals surface area (Å²) >= 11 is 0. The summed E-state index contributed by atoms with van der Waals surface area (Å²) in [5.74, 6) is -0.204. The number of fused-ring (bicyclic) bond motifs is 3. The highest BCUT2D eigenvalue weighted by Gasteiger charge is 2.46. The SMILES string of the molecule is O=C1N[C@H]2C[C@@H]1N(C(=O)c1cnc3c(c1)ncn3CCc1ccccc1)C2. The summed E-state index contributed by atoms with van der Waals surface area (Å²) in [6.07, 6.45) is 4.95. The minimum Gasteiger partial charge on any atom is -0.350 e. The lowest BCUT2D eigenvalue weighted by Gasteiger charge is -2.26. The lowest BCUT2D eigenvalue weighted by molar-refractivity contribution is -0.124. The van der Waals surface area contributed by atoms with E-state index in [9.17, 15) is 9.59 Å². The normalized spacial score (nSPS) is 21.0. The van der Waals surface area contributed by atoms with Gasteiger partial charge in [0.15, 0.2) is 5.65 Å². The Hall–Kier alpha value is -3.22. The molecule has 2 aliphatic heterocycles. The maximum Gasteiger partial charge on any atom is 0.256 e. The third-order valence-electron chi connectivity index (χ3n) is 5.40. The number of carbonyl (C=O) groups is 2. The van der Waals surface area contributed by atoms with Crippen LogP contribution in [0.15, 0.2) is 48.9 Å². The van der Waals surface area contributed by atoms with Crippen molar-refractivity contribution in [3.63, 3.8) is 0 Å². The first kappa shape index (κ1) is 16.0. The smallest absolute Gasteiger partial charge is 0.256 e. The molecule has 2 amide bonds. The van der Waals surface area contributed by atoms with E-state index >= 15 is 0 Å². The summed E-state index contributed by atoms with van der Waals surface area (Å²) in [6.45, 7) is 1.34. The van der Waals surface area contributed by atoms with E-state index in [1.54, 1.807) is 23.5 Å². The van der Waals surface area contributed by atoms with E-state index in [1.165, 1.54) is 5.56 Å². The molecule has 3 aromatic rings. The number of benzene rings is 1. The van der Waals surface area contributed by atoms with Crippen LogP contribution >= 0.6 is 0 Å². The summed E-state index contributed by atoms with van der Waals surface area (Å²) in [5.41, 5.74) is 3.20. The molecule has 27 heavy (non-hydrogen) atoms. The maximum atomic E-state index is 12.8. The van der Waals surface area contributed by atoms with E-state index in [-0.39, 0.29) is 23.9 Å². The maximum absolute atomic E-state index is 12.8. The Bertz CT molecular complexity index is 1030. The number of pyridine rings is 1. The molecule has 0 saturated carbocycles. The van der Waals surface area contributed by atoms with Gasteiger partial charge in [-0.2, -0.15) is 0 Å². The second-order valence-corrected chi connectivity index (χ2v) is 7.15. The lowest BCUT2D eigenvalue weighted by Crippen LogP contribution is -2.50. The number of amides is 2. The Morgan fingerprint density at radius 2 is 2.07 bits per heavy atom. The van der Waals surface area contributed by atoms with Gasteiger partial charge >= 0.3 is 0 Å². The van der Waals surface area contributed by atoms with Gasteiger partial charge in [0, 0.05) is 25.3 Å². The molecule has 1 N–H and O–H groups in total. The Morgan fingerprint density at radius 3 is 2.85 bits per heavy atom. The van der Waals surface area contributed by atoms with Crippen LogP contribution < -0.4 is 5.32 Å². The number of carbonyl (C=O) groups excluding carboxylic acids is 2. The summed E-state index contributed by atoms with van der Waals surface area (Å²) in [7, 11) is 0. The van der Waals surface area contributed by atoms with Crippen LogP contribution in [0.2, 0.25) is 0 Å². The van der Waals surface area contributed by atoms with Gasteiger partial charge in [-0.25, -0.2) is 9.97 Å². The minimum atomic E-state index is -0.346.